The van der Waals surface area contributed by atoms with Crippen molar-refractivity contribution in [3.63, 3.8) is 0 Å². The molecule has 1 aromatic carbocycles. The average Bonchev–Trinajstić information content (AvgIpc) is 2.83. The number of carboxylic acid groups (broad SMARTS) is 2. The van der Waals surface area contributed by atoms with Crippen LogP contribution in [0.15, 0.2) is 24.3 Å². The number of rotatable bonds is 4. The van der Waals surface area contributed by atoms with Crippen molar-refractivity contribution in [2.24, 2.45) is 5.92 Å². The van der Waals surface area contributed by atoms with Crippen molar-refractivity contribution in [3.8, 4) is 0 Å². The minimum atomic E-state index is -0.949. The number of carbonyl (C=O) groups is 3. The Labute approximate surface area is 145 Å². The summed E-state index contributed by atoms with van der Waals surface area (Å²) in [5.74, 6) is -2.60. The van der Waals surface area contributed by atoms with Gasteiger partial charge >= 0.3 is 11.9 Å². The first kappa shape index (κ1) is 17.4. The van der Waals surface area contributed by atoms with Crippen LogP contribution in [0, 0.1) is 5.92 Å². The third-order valence-electron chi connectivity index (χ3n) is 5.67. The van der Waals surface area contributed by atoms with Gasteiger partial charge in [0.05, 0.1) is 17.0 Å². The highest BCUT2D eigenvalue weighted by Crippen LogP contribution is 2.42. The third-order valence-corrected chi connectivity index (χ3v) is 5.67. The van der Waals surface area contributed by atoms with Gasteiger partial charge in [0.2, 0.25) is 5.91 Å². The molecule has 0 aromatic heterocycles. The highest BCUT2D eigenvalue weighted by Gasteiger charge is 2.55. The molecule has 1 aromatic rings. The molecule has 7 nitrogen and oxygen atoms in total. The quantitative estimate of drug-likeness (QED) is 0.852. The molecule has 0 radical (unpaired) electrons. The van der Waals surface area contributed by atoms with E-state index in [4.69, 9.17) is 5.11 Å². The number of benzene rings is 1. The number of carbonyl (C=O) groups excluding carboxylic acids is 1. The van der Waals surface area contributed by atoms with Crippen LogP contribution in [0.4, 0.5) is 0 Å². The predicted octanol–water partition coefficient (Wildman–Crippen LogP) is 1.28. The minimum absolute atomic E-state index is 0.0759. The number of hydrogen-bond acceptors (Lipinski definition) is 4. The maximum Gasteiger partial charge on any atom is 0.335 e. The number of piperidine rings is 1. The Hall–Kier alpha value is -2.41. The molecule has 25 heavy (non-hydrogen) atoms. The van der Waals surface area contributed by atoms with Crippen LogP contribution in [0.2, 0.25) is 0 Å². The van der Waals surface area contributed by atoms with Crippen molar-refractivity contribution in [3.05, 3.63) is 35.4 Å². The molecular weight excluding hydrogens is 324 g/mol. The molecule has 7 heteroatoms. The summed E-state index contributed by atoms with van der Waals surface area (Å²) < 4.78 is 0. The number of hydrogen-bond donors (Lipinski definition) is 2. The Kier molecular flexibility index (Phi) is 4.51. The molecule has 1 atom stereocenters. The van der Waals surface area contributed by atoms with Crippen LogP contribution in [0.5, 0.6) is 0 Å². The van der Waals surface area contributed by atoms with Crippen molar-refractivity contribution >= 4 is 17.8 Å². The van der Waals surface area contributed by atoms with Gasteiger partial charge in [0.1, 0.15) is 0 Å². The van der Waals surface area contributed by atoms with Gasteiger partial charge in [-0.1, -0.05) is 12.1 Å². The molecule has 2 heterocycles. The fraction of sp³-hybridized carbons (Fsp3) is 0.500. The maximum absolute atomic E-state index is 12.0. The van der Waals surface area contributed by atoms with E-state index in [0.29, 0.717) is 32.5 Å². The molecule has 2 saturated heterocycles. The molecule has 134 valence electrons. The molecule has 2 aliphatic rings. The van der Waals surface area contributed by atoms with E-state index in [1.807, 2.05) is 6.07 Å². The summed E-state index contributed by atoms with van der Waals surface area (Å²) in [6.45, 7) is 1.98. The molecule has 1 spiro atoms. The fourth-order valence-corrected chi connectivity index (χ4v) is 4.14. The molecule has 0 bridgehead atoms. The molecule has 2 N–H and O–H groups in total. The normalized spacial score (nSPS) is 23.2. The zero-order chi connectivity index (χ0) is 18.2. The monoisotopic (exact) mass is 346 g/mol. The molecular formula is C18H22N2O5. The van der Waals surface area contributed by atoms with E-state index in [0.717, 1.165) is 5.56 Å². The lowest BCUT2D eigenvalue weighted by molar-refractivity contribution is -0.146. The highest BCUT2D eigenvalue weighted by atomic mass is 16.4. The second kappa shape index (κ2) is 6.48. The van der Waals surface area contributed by atoms with Crippen LogP contribution in [0.1, 0.15) is 35.2 Å². The number of amides is 1. The third kappa shape index (κ3) is 3.11. The van der Waals surface area contributed by atoms with Crippen LogP contribution in [0.3, 0.4) is 0 Å². The van der Waals surface area contributed by atoms with E-state index in [2.05, 4.69) is 4.90 Å². The summed E-state index contributed by atoms with van der Waals surface area (Å²) in [6, 6.07) is 6.85. The van der Waals surface area contributed by atoms with Gasteiger partial charge in [-0.15, -0.1) is 0 Å². The first-order valence-corrected chi connectivity index (χ1v) is 8.37. The number of aromatic carboxylic acids is 1. The van der Waals surface area contributed by atoms with Gasteiger partial charge in [-0.2, -0.15) is 0 Å². The van der Waals surface area contributed by atoms with Crippen molar-refractivity contribution < 1.29 is 24.6 Å². The Morgan fingerprint density at radius 1 is 1.24 bits per heavy atom. The number of aliphatic carboxylic acids is 1. The van der Waals surface area contributed by atoms with E-state index in [9.17, 15) is 19.5 Å². The molecule has 0 saturated carbocycles. The summed E-state index contributed by atoms with van der Waals surface area (Å²) >= 11 is 0. The number of nitrogens with zero attached hydrogens (tertiary/aromatic N) is 2. The molecule has 0 unspecified atom stereocenters. The van der Waals surface area contributed by atoms with E-state index in [1.165, 1.54) is 0 Å². The Balaban J connectivity index is 1.69. The van der Waals surface area contributed by atoms with Crippen LogP contribution in [-0.4, -0.2) is 63.5 Å². The van der Waals surface area contributed by atoms with Crippen molar-refractivity contribution in [2.45, 2.75) is 31.3 Å². The predicted molar refractivity (Wildman–Crippen MR) is 89.2 cm³/mol. The van der Waals surface area contributed by atoms with Gasteiger partial charge in [0.15, 0.2) is 0 Å². The van der Waals surface area contributed by atoms with Crippen LogP contribution in [0.25, 0.3) is 0 Å². The van der Waals surface area contributed by atoms with Gasteiger partial charge in [0.25, 0.3) is 0 Å². The number of likely N-dealkylation sites (tertiary alicyclic amines) is 2. The standard InChI is InChI=1S/C18H22N2O5/c1-19-15(21)10-14(17(24)25)18(19)5-7-20(8-6-18)11-12-3-2-4-13(9-12)16(22)23/h2-4,9,14H,5-8,10-11H2,1H3,(H,22,23)(H,24,25)/t14-/m1/s1. The fourth-order valence-electron chi connectivity index (χ4n) is 4.14. The Morgan fingerprint density at radius 2 is 1.92 bits per heavy atom. The highest BCUT2D eigenvalue weighted by molar-refractivity contribution is 5.88. The van der Waals surface area contributed by atoms with Gasteiger partial charge < -0.3 is 15.1 Å². The zero-order valence-electron chi connectivity index (χ0n) is 14.1. The van der Waals surface area contributed by atoms with Crippen LogP contribution >= 0.6 is 0 Å². The summed E-state index contributed by atoms with van der Waals surface area (Å²) in [7, 11) is 1.71. The smallest absolute Gasteiger partial charge is 0.335 e. The van der Waals surface area contributed by atoms with E-state index in [1.54, 1.807) is 30.1 Å². The Bertz CT molecular complexity index is 709. The van der Waals surface area contributed by atoms with Crippen LogP contribution in [-0.2, 0) is 16.1 Å². The van der Waals surface area contributed by atoms with E-state index >= 15 is 0 Å². The summed E-state index contributed by atoms with van der Waals surface area (Å²) in [5, 5.41) is 18.6. The lowest BCUT2D eigenvalue weighted by atomic mass is 9.77. The molecule has 0 aliphatic carbocycles. The van der Waals surface area contributed by atoms with E-state index in [-0.39, 0.29) is 17.9 Å². The lowest BCUT2D eigenvalue weighted by Gasteiger charge is -2.45. The largest absolute Gasteiger partial charge is 0.481 e. The Morgan fingerprint density at radius 3 is 2.52 bits per heavy atom. The van der Waals surface area contributed by atoms with Crippen molar-refractivity contribution in [1.82, 2.24) is 9.80 Å². The molecule has 2 fully saturated rings. The number of carboxylic acids is 2. The zero-order valence-corrected chi connectivity index (χ0v) is 14.1. The minimum Gasteiger partial charge on any atom is -0.481 e. The second-order valence-electron chi connectivity index (χ2n) is 6.93. The summed E-state index contributed by atoms with van der Waals surface area (Å²) in [4.78, 5) is 38.5. The average molecular weight is 346 g/mol. The van der Waals surface area contributed by atoms with Crippen molar-refractivity contribution in [2.75, 3.05) is 20.1 Å². The van der Waals surface area contributed by atoms with Gasteiger partial charge in [-0.25, -0.2) is 4.79 Å². The SMILES string of the molecule is CN1C(=O)C[C@H](C(=O)O)C12CCN(Cc1cccc(C(=O)O)c1)CC2. The lowest BCUT2D eigenvalue weighted by Crippen LogP contribution is -2.55. The first-order valence-electron chi connectivity index (χ1n) is 8.37. The molecule has 1 amide bonds. The van der Waals surface area contributed by atoms with E-state index < -0.39 is 23.4 Å². The van der Waals surface area contributed by atoms with Crippen molar-refractivity contribution in [1.29, 1.82) is 0 Å². The van der Waals surface area contributed by atoms with Gasteiger partial charge in [0, 0.05) is 33.1 Å². The summed E-state index contributed by atoms with van der Waals surface area (Å²) in [6.07, 6.45) is 1.31. The second-order valence-corrected chi connectivity index (χ2v) is 6.93. The topological polar surface area (TPSA) is 98.2 Å². The summed E-state index contributed by atoms with van der Waals surface area (Å²) in [5.41, 5.74) is 0.585. The molecule has 2 aliphatic heterocycles. The first-order chi connectivity index (χ1) is 11.8. The van der Waals surface area contributed by atoms with Gasteiger partial charge in [-0.05, 0) is 30.5 Å². The van der Waals surface area contributed by atoms with Crippen LogP contribution < -0.4 is 0 Å². The molecule has 3 rings (SSSR count). The maximum atomic E-state index is 12.0. The van der Waals surface area contributed by atoms with Gasteiger partial charge in [-0.3, -0.25) is 14.5 Å².